The van der Waals surface area contributed by atoms with E-state index in [0.29, 0.717) is 13.1 Å². The third-order valence-corrected chi connectivity index (χ3v) is 3.83. The number of hydrogen-bond acceptors (Lipinski definition) is 6. The van der Waals surface area contributed by atoms with Crippen molar-refractivity contribution < 1.29 is 17.9 Å². The van der Waals surface area contributed by atoms with Crippen LogP contribution in [0.25, 0.3) is 0 Å². The molecule has 0 aliphatic carbocycles. The third-order valence-electron chi connectivity index (χ3n) is 2.36. The van der Waals surface area contributed by atoms with E-state index in [-0.39, 0.29) is 19.6 Å². The standard InChI is InChI=1S/C8H14N4O4S/c1-16-8(13)10-17(14,15)12-6-4-11(3-2-9)5-7-12/h3-7H2,1H3,(H,10,13). The lowest BCUT2D eigenvalue weighted by atomic mass is 10.4. The number of ether oxygens (including phenoxy) is 1. The third kappa shape index (κ3) is 3.85. The summed E-state index contributed by atoms with van der Waals surface area (Å²) in [5, 5.41) is 8.50. The molecule has 1 heterocycles. The van der Waals surface area contributed by atoms with E-state index in [4.69, 9.17) is 5.26 Å². The lowest BCUT2D eigenvalue weighted by Gasteiger charge is -2.32. The van der Waals surface area contributed by atoms with Crippen LogP contribution in [0.2, 0.25) is 0 Å². The largest absolute Gasteiger partial charge is 0.452 e. The van der Waals surface area contributed by atoms with Gasteiger partial charge in [-0.05, 0) is 0 Å². The summed E-state index contributed by atoms with van der Waals surface area (Å²) in [5.41, 5.74) is 0. The van der Waals surface area contributed by atoms with Gasteiger partial charge in [-0.15, -0.1) is 0 Å². The molecule has 1 fully saturated rings. The van der Waals surface area contributed by atoms with E-state index in [1.165, 1.54) is 0 Å². The highest BCUT2D eigenvalue weighted by molar-refractivity contribution is 7.87. The Kier molecular flexibility index (Phi) is 4.68. The van der Waals surface area contributed by atoms with Crippen molar-refractivity contribution in [1.82, 2.24) is 13.9 Å². The summed E-state index contributed by atoms with van der Waals surface area (Å²) < 4.78 is 30.5. The zero-order chi connectivity index (χ0) is 12.9. The predicted octanol–water partition coefficient (Wildman–Crippen LogP) is -1.27. The topological polar surface area (TPSA) is 103 Å². The monoisotopic (exact) mass is 262 g/mol. The number of piperazine rings is 1. The fraction of sp³-hybridized carbons (Fsp3) is 0.750. The minimum atomic E-state index is -3.83. The molecule has 0 saturated carbocycles. The second-order valence-electron chi connectivity index (χ2n) is 3.43. The van der Waals surface area contributed by atoms with E-state index in [2.05, 4.69) is 4.74 Å². The zero-order valence-electron chi connectivity index (χ0n) is 9.42. The Balaban J connectivity index is 2.53. The minimum absolute atomic E-state index is 0.244. The van der Waals surface area contributed by atoms with Crippen LogP contribution in [0, 0.1) is 11.3 Å². The number of hydrogen-bond donors (Lipinski definition) is 1. The van der Waals surface area contributed by atoms with Crippen molar-refractivity contribution in [3.05, 3.63) is 0 Å². The molecule has 0 aromatic heterocycles. The van der Waals surface area contributed by atoms with Gasteiger partial charge in [-0.2, -0.15) is 18.0 Å². The van der Waals surface area contributed by atoms with Crippen LogP contribution >= 0.6 is 0 Å². The van der Waals surface area contributed by atoms with E-state index < -0.39 is 16.3 Å². The van der Waals surface area contributed by atoms with E-state index in [1.54, 1.807) is 4.72 Å². The summed E-state index contributed by atoms with van der Waals surface area (Å²) >= 11 is 0. The van der Waals surface area contributed by atoms with Crippen molar-refractivity contribution in [2.75, 3.05) is 39.8 Å². The molecular weight excluding hydrogens is 248 g/mol. The molecule has 1 aliphatic heterocycles. The van der Waals surface area contributed by atoms with Gasteiger partial charge in [0.05, 0.1) is 19.7 Å². The first-order valence-electron chi connectivity index (χ1n) is 4.94. The summed E-state index contributed by atoms with van der Waals surface area (Å²) in [4.78, 5) is 12.7. The molecule has 17 heavy (non-hydrogen) atoms. The van der Waals surface area contributed by atoms with Gasteiger partial charge in [0.1, 0.15) is 0 Å². The van der Waals surface area contributed by atoms with Gasteiger partial charge in [-0.3, -0.25) is 4.90 Å². The van der Waals surface area contributed by atoms with Gasteiger partial charge in [0.2, 0.25) is 0 Å². The van der Waals surface area contributed by atoms with Crippen LogP contribution in [0.15, 0.2) is 0 Å². The van der Waals surface area contributed by atoms with Crippen LogP contribution in [0.1, 0.15) is 0 Å². The van der Waals surface area contributed by atoms with Crippen molar-refractivity contribution in [3.63, 3.8) is 0 Å². The first-order valence-corrected chi connectivity index (χ1v) is 6.38. The summed E-state index contributed by atoms with van der Waals surface area (Å²) in [6.07, 6.45) is -1.01. The van der Waals surface area contributed by atoms with Gasteiger partial charge in [0, 0.05) is 26.2 Å². The van der Waals surface area contributed by atoms with Crippen molar-refractivity contribution in [2.45, 2.75) is 0 Å². The molecule has 0 aromatic carbocycles. The summed E-state index contributed by atoms with van der Waals surface area (Å²) in [7, 11) is -2.74. The Labute approximate surface area is 99.9 Å². The first-order chi connectivity index (χ1) is 7.99. The van der Waals surface area contributed by atoms with Gasteiger partial charge in [-0.25, -0.2) is 9.52 Å². The van der Waals surface area contributed by atoms with E-state index >= 15 is 0 Å². The van der Waals surface area contributed by atoms with Crippen LogP contribution in [-0.4, -0.2) is 63.5 Å². The Bertz CT molecular complexity index is 408. The predicted molar refractivity (Wildman–Crippen MR) is 58.1 cm³/mol. The number of nitrogens with one attached hydrogen (secondary N) is 1. The normalized spacial score (nSPS) is 18.4. The van der Waals surface area contributed by atoms with E-state index in [9.17, 15) is 13.2 Å². The molecule has 1 amide bonds. The second-order valence-corrected chi connectivity index (χ2v) is 5.10. The molecule has 96 valence electrons. The average Bonchev–Trinajstić information content (AvgIpc) is 2.29. The molecular formula is C8H14N4O4S. The molecule has 0 bridgehead atoms. The van der Waals surface area contributed by atoms with Crippen LogP contribution in [0.3, 0.4) is 0 Å². The number of rotatable bonds is 3. The van der Waals surface area contributed by atoms with Crippen LogP contribution < -0.4 is 4.72 Å². The van der Waals surface area contributed by atoms with Gasteiger partial charge < -0.3 is 4.74 Å². The van der Waals surface area contributed by atoms with Gasteiger partial charge in [0.25, 0.3) is 0 Å². The number of carbonyl (C=O) groups excluding carboxylic acids is 1. The van der Waals surface area contributed by atoms with Crippen molar-refractivity contribution >= 4 is 16.3 Å². The molecule has 9 heteroatoms. The molecule has 0 spiro atoms. The zero-order valence-corrected chi connectivity index (χ0v) is 10.2. The van der Waals surface area contributed by atoms with Gasteiger partial charge in [0.15, 0.2) is 0 Å². The smallest absolute Gasteiger partial charge is 0.421 e. The maximum absolute atomic E-state index is 11.6. The molecule has 1 N–H and O–H groups in total. The van der Waals surface area contributed by atoms with Gasteiger partial charge in [-0.1, -0.05) is 0 Å². The SMILES string of the molecule is COC(=O)NS(=O)(=O)N1CCN(CC#N)CC1. The number of nitriles is 1. The highest BCUT2D eigenvalue weighted by Crippen LogP contribution is 2.05. The number of carbonyl (C=O) groups is 1. The molecule has 0 unspecified atom stereocenters. The molecule has 1 saturated heterocycles. The molecule has 0 atom stereocenters. The van der Waals surface area contributed by atoms with Crippen molar-refractivity contribution in [1.29, 1.82) is 5.26 Å². The summed E-state index contributed by atoms with van der Waals surface area (Å²) in [5.74, 6) is 0. The van der Waals surface area contributed by atoms with Crippen LogP contribution in [0.4, 0.5) is 4.79 Å². The summed E-state index contributed by atoms with van der Waals surface area (Å²) in [6.45, 7) is 1.70. The second kappa shape index (κ2) is 5.81. The molecule has 0 aromatic rings. The maximum Gasteiger partial charge on any atom is 0.421 e. The maximum atomic E-state index is 11.6. The average molecular weight is 262 g/mol. The Morgan fingerprint density at radius 1 is 1.41 bits per heavy atom. The highest BCUT2D eigenvalue weighted by atomic mass is 32.2. The van der Waals surface area contributed by atoms with E-state index in [0.717, 1.165) is 11.4 Å². The minimum Gasteiger partial charge on any atom is -0.452 e. The molecule has 0 radical (unpaired) electrons. The van der Waals surface area contributed by atoms with E-state index in [1.807, 2.05) is 11.0 Å². The van der Waals surface area contributed by atoms with Crippen LogP contribution in [0.5, 0.6) is 0 Å². The number of amides is 1. The Morgan fingerprint density at radius 3 is 2.47 bits per heavy atom. The fourth-order valence-electron chi connectivity index (χ4n) is 1.44. The van der Waals surface area contributed by atoms with Gasteiger partial charge >= 0.3 is 16.3 Å². The molecule has 1 aliphatic rings. The summed E-state index contributed by atoms with van der Waals surface area (Å²) in [6, 6.07) is 2.00. The molecule has 1 rings (SSSR count). The van der Waals surface area contributed by atoms with Crippen molar-refractivity contribution in [3.8, 4) is 6.07 Å². The lowest BCUT2D eigenvalue weighted by molar-refractivity contribution is 0.174. The first kappa shape index (κ1) is 13.7. The van der Waals surface area contributed by atoms with Crippen LogP contribution in [-0.2, 0) is 14.9 Å². The molecule has 8 nitrogen and oxygen atoms in total. The van der Waals surface area contributed by atoms with Crippen molar-refractivity contribution in [2.24, 2.45) is 0 Å². The Morgan fingerprint density at radius 2 is 2.00 bits per heavy atom. The fourth-order valence-corrected chi connectivity index (χ4v) is 2.51. The lowest BCUT2D eigenvalue weighted by Crippen LogP contribution is -2.52. The number of nitrogens with zero attached hydrogens (tertiary/aromatic N) is 3. The Hall–Kier alpha value is -1.37. The quantitative estimate of drug-likeness (QED) is 0.636. The highest BCUT2D eigenvalue weighted by Gasteiger charge is 2.28. The number of methoxy groups -OCH3 is 1.